The number of ether oxygens (including phenoxy) is 1. The highest BCUT2D eigenvalue weighted by molar-refractivity contribution is 7.22. The van der Waals surface area contributed by atoms with Gasteiger partial charge in [-0.25, -0.2) is 24.6 Å². The first kappa shape index (κ1) is 37.3. The van der Waals surface area contributed by atoms with Crippen molar-refractivity contribution in [3.05, 3.63) is 122 Å². The first-order valence-corrected chi connectivity index (χ1v) is 24.2. The highest BCUT2D eigenvalue weighted by Crippen LogP contribution is 2.40. The Kier molecular flexibility index (Phi) is 9.99. The molecule has 0 fully saturated rings. The molecule has 0 unspecified atom stereocenters. The number of fused-ring (bicyclic) bond motifs is 4. The number of nitrogens with zero attached hydrogens (tertiary/aromatic N) is 7. The predicted molar refractivity (Wildman–Crippen MR) is 242 cm³/mol. The largest absolute Gasteiger partial charge is 0.368 e. The van der Waals surface area contributed by atoms with E-state index in [1.165, 1.54) is 29.9 Å². The third kappa shape index (κ3) is 7.95. The van der Waals surface area contributed by atoms with Crippen LogP contribution in [0.3, 0.4) is 0 Å². The molecule has 5 N–H and O–H groups in total. The Morgan fingerprint density at radius 1 is 0.638 bits per heavy atom. The van der Waals surface area contributed by atoms with Gasteiger partial charge in [-0.2, -0.15) is 10.2 Å². The highest BCUT2D eigenvalue weighted by Gasteiger charge is 2.17. The number of hydrogen-bond acceptors (Lipinski definition) is 11. The number of nitrogen functional groups attached to an aromatic ring is 2. The number of aromatic amines is 1. The van der Waals surface area contributed by atoms with Crippen LogP contribution in [0, 0.1) is 0 Å². The quantitative estimate of drug-likeness (QED) is 0.0952. The molecule has 0 amide bonds. The van der Waals surface area contributed by atoms with E-state index in [1.807, 2.05) is 10.9 Å². The maximum atomic E-state index is 5.95. The van der Waals surface area contributed by atoms with Crippen molar-refractivity contribution in [1.82, 2.24) is 39.9 Å². The van der Waals surface area contributed by atoms with Gasteiger partial charge in [-0.1, -0.05) is 56.0 Å². The molecule has 58 heavy (non-hydrogen) atoms. The normalized spacial score (nSPS) is 11.8. The summed E-state index contributed by atoms with van der Waals surface area (Å²) in [5, 5.41) is 16.8. The summed E-state index contributed by atoms with van der Waals surface area (Å²) in [7, 11) is -1.12. The maximum absolute atomic E-state index is 5.95. The van der Waals surface area contributed by atoms with Gasteiger partial charge in [-0.15, -0.1) is 22.7 Å². The molecule has 6 heterocycles. The Bertz CT molecular complexity index is 2970. The van der Waals surface area contributed by atoms with Crippen LogP contribution >= 0.6 is 22.7 Å². The van der Waals surface area contributed by atoms with Gasteiger partial charge in [-0.05, 0) is 76.5 Å². The van der Waals surface area contributed by atoms with Crippen molar-refractivity contribution >= 4 is 84.6 Å². The van der Waals surface area contributed by atoms with E-state index in [2.05, 4.69) is 141 Å². The monoisotopic (exact) mass is 816 g/mol. The van der Waals surface area contributed by atoms with Crippen LogP contribution in [0.5, 0.6) is 0 Å². The zero-order chi connectivity index (χ0) is 39.8. The molecule has 0 atom stereocenters. The van der Waals surface area contributed by atoms with Crippen molar-refractivity contribution in [3.8, 4) is 43.1 Å². The van der Waals surface area contributed by atoms with E-state index in [-0.39, 0.29) is 11.9 Å². The second kappa shape index (κ2) is 15.6. The number of H-pyrrole nitrogens is 1. The lowest BCUT2D eigenvalue weighted by molar-refractivity contribution is 0.0791. The smallest absolute Gasteiger partial charge is 0.219 e. The van der Waals surface area contributed by atoms with Crippen molar-refractivity contribution in [3.63, 3.8) is 0 Å². The maximum Gasteiger partial charge on any atom is 0.219 e. The summed E-state index contributed by atoms with van der Waals surface area (Å²) in [6, 6.07) is 31.0. The molecule has 288 valence electrons. The molecule has 6 aromatic heterocycles. The number of hydrogen-bond donors (Lipinski definition) is 3. The third-order valence-corrected chi connectivity index (χ3v) is 13.8. The molecule has 0 aliphatic heterocycles. The average molecular weight is 817 g/mol. The minimum atomic E-state index is -1.12. The van der Waals surface area contributed by atoms with Crippen LogP contribution in [-0.4, -0.2) is 54.6 Å². The molecule has 14 heteroatoms. The molecule has 0 aliphatic rings. The molecular weight excluding hydrogens is 777 g/mol. The van der Waals surface area contributed by atoms with Gasteiger partial charge in [0, 0.05) is 97.8 Å². The van der Waals surface area contributed by atoms with Crippen molar-refractivity contribution in [1.29, 1.82) is 0 Å². The number of nitrogens with two attached hydrogens (primary N) is 2. The van der Waals surface area contributed by atoms with Crippen LogP contribution in [0.15, 0.2) is 122 Å². The van der Waals surface area contributed by atoms with Crippen molar-refractivity contribution in [2.24, 2.45) is 0 Å². The molecule has 0 spiro atoms. The fraction of sp³-hybridized carbons (Fsp3) is 0.136. The number of anilines is 2. The molecule has 0 saturated heterocycles. The van der Waals surface area contributed by atoms with Gasteiger partial charge in [0.15, 0.2) is 0 Å². The lowest BCUT2D eigenvalue weighted by atomic mass is 10.0. The van der Waals surface area contributed by atoms with Gasteiger partial charge < -0.3 is 16.2 Å². The van der Waals surface area contributed by atoms with Gasteiger partial charge in [0.1, 0.15) is 12.2 Å². The average Bonchev–Trinajstić information content (AvgIpc) is 4.04. The molecule has 11 nitrogen and oxygen atoms in total. The van der Waals surface area contributed by atoms with Gasteiger partial charge in [0.05, 0.1) is 11.7 Å². The summed E-state index contributed by atoms with van der Waals surface area (Å²) in [5.74, 6) is 0.547. The second-order valence-electron chi connectivity index (χ2n) is 15.3. The lowest BCUT2D eigenvalue weighted by Gasteiger charge is -2.15. The first-order valence-electron chi connectivity index (χ1n) is 18.8. The molecule has 0 radical (unpaired) electrons. The van der Waals surface area contributed by atoms with Crippen molar-refractivity contribution in [2.75, 3.05) is 18.1 Å². The molecule has 0 saturated carbocycles. The van der Waals surface area contributed by atoms with Gasteiger partial charge in [0.25, 0.3) is 0 Å². The summed E-state index contributed by atoms with van der Waals surface area (Å²) >= 11 is 3.55. The Hall–Kier alpha value is -6.32. The summed E-state index contributed by atoms with van der Waals surface area (Å²) in [6.07, 6.45) is 10.9. The van der Waals surface area contributed by atoms with Gasteiger partial charge in [0.2, 0.25) is 11.9 Å². The summed E-state index contributed by atoms with van der Waals surface area (Å²) < 4.78 is 10.4. The molecule has 4 aromatic carbocycles. The number of rotatable bonds is 9. The summed E-state index contributed by atoms with van der Waals surface area (Å²) in [6.45, 7) is 8.29. The van der Waals surface area contributed by atoms with Crippen LogP contribution in [0.25, 0.3) is 85.1 Å². The topological polar surface area (TPSA) is 159 Å². The minimum Gasteiger partial charge on any atom is -0.368 e. The number of nitrogens with one attached hydrogen (secondary N) is 1. The summed E-state index contributed by atoms with van der Waals surface area (Å²) in [4.78, 5) is 19.0. The van der Waals surface area contributed by atoms with E-state index < -0.39 is 8.07 Å². The molecule has 10 rings (SSSR count). The third-order valence-electron chi connectivity index (χ3n) is 9.82. The molecule has 10 aromatic rings. The fourth-order valence-electron chi connectivity index (χ4n) is 6.76. The second-order valence-corrected chi connectivity index (χ2v) is 23.1. The van der Waals surface area contributed by atoms with E-state index in [1.54, 1.807) is 47.5 Å². The number of aromatic nitrogens is 8. The summed E-state index contributed by atoms with van der Waals surface area (Å²) in [5.41, 5.74) is 19.5. The van der Waals surface area contributed by atoms with E-state index in [9.17, 15) is 0 Å². The standard InChI is InChI=1S/C25H27N5OSSi.C19H13N5S/c1-33(2,3)9-8-31-16-30-15-19-10-18(20-13-27-25(26)28-14-20)11-21(24(19)29-30)23-12-17-6-4-5-7-22(17)32-23;20-19-21-8-14(9-22-19)12-5-13-10-23-24-18(13)15(6-12)17-7-11-3-1-2-4-16(11)25-17/h4-7,10-15H,8-9,16H2,1-3H3,(H2,26,27,28);1-10H,(H,23,24)(H2,20,21,22). The van der Waals surface area contributed by atoms with Crippen LogP contribution in [0.1, 0.15) is 0 Å². The van der Waals surface area contributed by atoms with Crippen molar-refractivity contribution < 1.29 is 4.74 Å². The molecular formula is C44H40N10OS2Si. The minimum absolute atomic E-state index is 0.271. The Labute approximate surface area is 343 Å². The number of thiophene rings is 2. The SMILES string of the molecule is C[Si](C)(C)CCOCn1cc2cc(-c3cnc(N)nc3)cc(-c3cc4ccccc4s3)c2n1.Nc1ncc(-c2cc(-c3cc4ccccc4s3)c3[nH]ncc3c2)cn1. The Balaban J connectivity index is 0.000000156. The predicted octanol–water partition coefficient (Wildman–Crippen LogP) is 10.8. The van der Waals surface area contributed by atoms with Crippen LogP contribution < -0.4 is 11.5 Å². The zero-order valence-electron chi connectivity index (χ0n) is 32.2. The Morgan fingerprint density at radius 3 is 1.78 bits per heavy atom. The first-order chi connectivity index (χ1) is 28.1. The van der Waals surface area contributed by atoms with Crippen LogP contribution in [0.4, 0.5) is 11.9 Å². The van der Waals surface area contributed by atoms with Gasteiger partial charge in [-0.3, -0.25) is 5.10 Å². The zero-order valence-corrected chi connectivity index (χ0v) is 34.8. The number of benzene rings is 4. The lowest BCUT2D eigenvalue weighted by Crippen LogP contribution is -2.22. The van der Waals surface area contributed by atoms with Gasteiger partial charge >= 0.3 is 0 Å². The molecule has 0 bridgehead atoms. The highest BCUT2D eigenvalue weighted by atomic mass is 32.1. The fourth-order valence-corrected chi connectivity index (χ4v) is 9.69. The van der Waals surface area contributed by atoms with Crippen LogP contribution in [0.2, 0.25) is 25.7 Å². The van der Waals surface area contributed by atoms with Crippen LogP contribution in [-0.2, 0) is 11.5 Å². The van der Waals surface area contributed by atoms with E-state index in [0.717, 1.165) is 67.8 Å². The van der Waals surface area contributed by atoms with E-state index in [4.69, 9.17) is 21.3 Å². The Morgan fingerprint density at radius 2 is 1.19 bits per heavy atom. The van der Waals surface area contributed by atoms with E-state index in [0.29, 0.717) is 6.73 Å². The van der Waals surface area contributed by atoms with E-state index >= 15 is 0 Å². The molecule has 0 aliphatic carbocycles. The van der Waals surface area contributed by atoms with Crippen molar-refractivity contribution in [2.45, 2.75) is 32.4 Å².